The number of methoxy groups -OCH3 is 1. The number of rotatable bonds is 3. The van der Waals surface area contributed by atoms with E-state index in [1.807, 2.05) is 0 Å². The van der Waals surface area contributed by atoms with E-state index in [4.69, 9.17) is 9.84 Å². The van der Waals surface area contributed by atoms with E-state index in [1.165, 1.54) is 12.0 Å². The van der Waals surface area contributed by atoms with Crippen LogP contribution in [0.15, 0.2) is 24.3 Å². The Labute approximate surface area is 109 Å². The SMILES string of the molecule is COc1cccc(C(=O)N2CCC(F)(C(=O)O)C2)c1. The van der Waals surface area contributed by atoms with E-state index < -0.39 is 18.2 Å². The number of halogens is 1. The molecule has 1 atom stereocenters. The lowest BCUT2D eigenvalue weighted by molar-refractivity contribution is -0.149. The third-order valence-corrected chi connectivity index (χ3v) is 3.21. The van der Waals surface area contributed by atoms with Crippen molar-refractivity contribution in [3.8, 4) is 5.75 Å². The number of likely N-dealkylation sites (tertiary alicyclic amines) is 1. The largest absolute Gasteiger partial charge is 0.497 e. The molecule has 19 heavy (non-hydrogen) atoms. The van der Waals surface area contributed by atoms with Gasteiger partial charge in [-0.3, -0.25) is 4.79 Å². The van der Waals surface area contributed by atoms with Crippen molar-refractivity contribution in [2.75, 3.05) is 20.2 Å². The van der Waals surface area contributed by atoms with Crippen LogP contribution in [-0.2, 0) is 4.79 Å². The second kappa shape index (κ2) is 4.87. The number of hydrogen-bond donors (Lipinski definition) is 1. The van der Waals surface area contributed by atoms with Gasteiger partial charge in [0.2, 0.25) is 5.67 Å². The summed E-state index contributed by atoms with van der Waals surface area (Å²) in [5, 5.41) is 8.79. The Bertz CT molecular complexity index is 519. The number of carboxylic acids is 1. The second-order valence-corrected chi connectivity index (χ2v) is 4.48. The summed E-state index contributed by atoms with van der Waals surface area (Å²) < 4.78 is 18.9. The molecule has 1 fully saturated rings. The highest BCUT2D eigenvalue weighted by atomic mass is 19.1. The van der Waals surface area contributed by atoms with Gasteiger partial charge in [-0.1, -0.05) is 6.07 Å². The van der Waals surface area contributed by atoms with Crippen LogP contribution in [-0.4, -0.2) is 47.8 Å². The number of carbonyl (C=O) groups excluding carboxylic acids is 1. The molecule has 0 aromatic heterocycles. The summed E-state index contributed by atoms with van der Waals surface area (Å²) in [4.78, 5) is 24.1. The molecule has 6 heteroatoms. The molecular formula is C13H14FNO4. The first kappa shape index (κ1) is 13.3. The van der Waals surface area contributed by atoms with Crippen molar-refractivity contribution in [2.45, 2.75) is 12.1 Å². The molecule has 0 radical (unpaired) electrons. The molecular weight excluding hydrogens is 253 g/mol. The van der Waals surface area contributed by atoms with Crippen molar-refractivity contribution >= 4 is 11.9 Å². The highest BCUT2D eigenvalue weighted by Crippen LogP contribution is 2.27. The molecule has 1 amide bonds. The molecule has 0 aliphatic carbocycles. The fourth-order valence-corrected chi connectivity index (χ4v) is 2.06. The fraction of sp³-hybridized carbons (Fsp3) is 0.385. The van der Waals surface area contributed by atoms with Crippen molar-refractivity contribution in [1.29, 1.82) is 0 Å². The van der Waals surface area contributed by atoms with Gasteiger partial charge >= 0.3 is 5.97 Å². The number of carbonyl (C=O) groups is 2. The summed E-state index contributed by atoms with van der Waals surface area (Å²) in [6.45, 7) is -0.322. The van der Waals surface area contributed by atoms with E-state index in [9.17, 15) is 14.0 Å². The van der Waals surface area contributed by atoms with E-state index in [1.54, 1.807) is 24.3 Å². The molecule has 0 saturated carbocycles. The third kappa shape index (κ3) is 2.52. The van der Waals surface area contributed by atoms with Crippen molar-refractivity contribution in [2.24, 2.45) is 0 Å². The van der Waals surface area contributed by atoms with E-state index in [0.29, 0.717) is 11.3 Å². The molecule has 1 aromatic rings. The second-order valence-electron chi connectivity index (χ2n) is 4.48. The Morgan fingerprint density at radius 3 is 2.79 bits per heavy atom. The van der Waals surface area contributed by atoms with Crippen LogP contribution in [0.1, 0.15) is 16.8 Å². The van der Waals surface area contributed by atoms with Crippen molar-refractivity contribution in [1.82, 2.24) is 4.90 Å². The van der Waals surface area contributed by atoms with Gasteiger partial charge in [0, 0.05) is 18.5 Å². The molecule has 1 heterocycles. The van der Waals surface area contributed by atoms with Gasteiger partial charge in [-0.25, -0.2) is 9.18 Å². The Morgan fingerprint density at radius 2 is 2.21 bits per heavy atom. The molecule has 1 saturated heterocycles. The van der Waals surface area contributed by atoms with Gasteiger partial charge < -0.3 is 14.7 Å². The van der Waals surface area contributed by atoms with Gasteiger partial charge in [0.1, 0.15) is 5.75 Å². The van der Waals surface area contributed by atoms with Crippen LogP contribution in [0.2, 0.25) is 0 Å². The lowest BCUT2D eigenvalue weighted by Gasteiger charge is -2.18. The zero-order valence-corrected chi connectivity index (χ0v) is 10.4. The highest BCUT2D eigenvalue weighted by molar-refractivity contribution is 5.95. The summed E-state index contributed by atoms with van der Waals surface area (Å²) in [6.07, 6.45) is -0.182. The van der Waals surface area contributed by atoms with Crippen LogP contribution in [0.5, 0.6) is 5.75 Å². The highest BCUT2D eigenvalue weighted by Gasteiger charge is 2.46. The summed E-state index contributed by atoms with van der Waals surface area (Å²) in [6, 6.07) is 6.48. The predicted molar refractivity (Wildman–Crippen MR) is 65.0 cm³/mol. The number of ether oxygens (including phenoxy) is 1. The Balaban J connectivity index is 2.15. The number of hydrogen-bond acceptors (Lipinski definition) is 3. The van der Waals surface area contributed by atoms with Gasteiger partial charge in [0.25, 0.3) is 5.91 Å². The quantitative estimate of drug-likeness (QED) is 0.897. The molecule has 1 aromatic carbocycles. The number of benzene rings is 1. The molecule has 5 nitrogen and oxygen atoms in total. The van der Waals surface area contributed by atoms with Gasteiger partial charge in [-0.05, 0) is 18.2 Å². The predicted octanol–water partition coefficient (Wildman–Crippen LogP) is 1.33. The zero-order valence-electron chi connectivity index (χ0n) is 10.4. The van der Waals surface area contributed by atoms with Gasteiger partial charge in [-0.2, -0.15) is 0 Å². The first-order chi connectivity index (χ1) is 8.96. The van der Waals surface area contributed by atoms with Crippen LogP contribution in [0.25, 0.3) is 0 Å². The number of carboxylic acid groups (broad SMARTS) is 1. The Hall–Kier alpha value is -2.11. The molecule has 1 aliphatic rings. The smallest absolute Gasteiger partial charge is 0.343 e. The van der Waals surface area contributed by atoms with Gasteiger partial charge in [0.05, 0.1) is 13.7 Å². The first-order valence-electron chi connectivity index (χ1n) is 5.82. The van der Waals surface area contributed by atoms with Gasteiger partial charge in [0.15, 0.2) is 0 Å². The molecule has 1 N–H and O–H groups in total. The van der Waals surface area contributed by atoms with Crippen LogP contribution < -0.4 is 4.74 Å². The van der Waals surface area contributed by atoms with Crippen molar-refractivity contribution in [3.05, 3.63) is 29.8 Å². The van der Waals surface area contributed by atoms with E-state index in [2.05, 4.69) is 0 Å². The number of nitrogens with zero attached hydrogens (tertiary/aromatic N) is 1. The minimum atomic E-state index is -2.34. The number of aliphatic carboxylic acids is 1. The molecule has 1 unspecified atom stereocenters. The lowest BCUT2D eigenvalue weighted by Crippen LogP contribution is -2.38. The topological polar surface area (TPSA) is 66.8 Å². The van der Waals surface area contributed by atoms with E-state index >= 15 is 0 Å². The Morgan fingerprint density at radius 1 is 1.47 bits per heavy atom. The average Bonchev–Trinajstić information content (AvgIpc) is 2.82. The zero-order chi connectivity index (χ0) is 14.0. The summed E-state index contributed by atoms with van der Waals surface area (Å²) >= 11 is 0. The maximum Gasteiger partial charge on any atom is 0.343 e. The fourth-order valence-electron chi connectivity index (χ4n) is 2.06. The van der Waals surface area contributed by atoms with Crippen molar-refractivity contribution in [3.63, 3.8) is 0 Å². The summed E-state index contributed by atoms with van der Waals surface area (Å²) in [5.41, 5.74) is -1.98. The first-order valence-corrected chi connectivity index (χ1v) is 5.82. The molecule has 0 spiro atoms. The molecule has 1 aliphatic heterocycles. The van der Waals surface area contributed by atoms with Crippen molar-refractivity contribution < 1.29 is 23.8 Å². The maximum atomic E-state index is 13.9. The van der Waals surface area contributed by atoms with E-state index in [0.717, 1.165) is 0 Å². The van der Waals surface area contributed by atoms with Gasteiger partial charge in [-0.15, -0.1) is 0 Å². The van der Waals surface area contributed by atoms with E-state index in [-0.39, 0.29) is 18.9 Å². The van der Waals surface area contributed by atoms with Crippen LogP contribution in [0.4, 0.5) is 4.39 Å². The summed E-state index contributed by atoms with van der Waals surface area (Å²) in [7, 11) is 1.48. The number of alkyl halides is 1. The average molecular weight is 267 g/mol. The minimum absolute atomic E-state index is 0.0961. The molecule has 102 valence electrons. The maximum absolute atomic E-state index is 13.9. The van der Waals surface area contributed by atoms with Crippen LogP contribution in [0.3, 0.4) is 0 Å². The normalized spacial score (nSPS) is 22.3. The number of amides is 1. The summed E-state index contributed by atoms with van der Waals surface area (Å²) in [5.74, 6) is -1.39. The monoisotopic (exact) mass is 267 g/mol. The van der Waals surface area contributed by atoms with Crippen LogP contribution >= 0.6 is 0 Å². The minimum Gasteiger partial charge on any atom is -0.497 e. The Kier molecular flexibility index (Phi) is 3.42. The standard InChI is InChI=1S/C13H14FNO4/c1-19-10-4-2-3-9(7-10)11(16)15-6-5-13(14,8-15)12(17)18/h2-4,7H,5-6,8H2,1H3,(H,17,18). The lowest BCUT2D eigenvalue weighted by atomic mass is 10.1. The third-order valence-electron chi connectivity index (χ3n) is 3.21. The molecule has 0 bridgehead atoms. The molecule has 2 rings (SSSR count). The van der Waals surface area contributed by atoms with Crippen LogP contribution in [0, 0.1) is 0 Å².